The molecule has 112 valence electrons. The van der Waals surface area contributed by atoms with Crippen LogP contribution < -0.4 is 5.32 Å². The van der Waals surface area contributed by atoms with Crippen LogP contribution in [-0.2, 0) is 0 Å². The molecule has 0 unspecified atom stereocenters. The third-order valence-corrected chi connectivity index (χ3v) is 3.60. The summed E-state index contributed by atoms with van der Waals surface area (Å²) >= 11 is 0. The van der Waals surface area contributed by atoms with Crippen molar-refractivity contribution in [2.24, 2.45) is 0 Å². The van der Waals surface area contributed by atoms with Crippen LogP contribution in [0.4, 0.5) is 0 Å². The summed E-state index contributed by atoms with van der Waals surface area (Å²) < 4.78 is 1.59. The summed E-state index contributed by atoms with van der Waals surface area (Å²) in [6.45, 7) is 4.00. The Labute approximate surface area is 123 Å². The number of pyridine rings is 1. The number of rotatable bonds is 6. The van der Waals surface area contributed by atoms with E-state index in [0.717, 1.165) is 0 Å². The van der Waals surface area contributed by atoms with Crippen LogP contribution in [-0.4, -0.2) is 37.9 Å². The first kappa shape index (κ1) is 15.2. The molecule has 21 heavy (non-hydrogen) atoms. The molecule has 0 fully saturated rings. The average Bonchev–Trinajstić information content (AvgIpc) is 3.07. The van der Waals surface area contributed by atoms with Crippen molar-refractivity contribution in [1.82, 2.24) is 20.1 Å². The molecule has 6 heteroatoms. The van der Waals surface area contributed by atoms with Crippen molar-refractivity contribution in [3.63, 3.8) is 0 Å². The molecule has 2 rings (SSSR count). The zero-order chi connectivity index (χ0) is 15.3. The lowest BCUT2D eigenvalue weighted by molar-refractivity contribution is 0.0313. The molecule has 0 spiro atoms. The van der Waals surface area contributed by atoms with Crippen LogP contribution in [0.2, 0.25) is 0 Å². The molecule has 0 aromatic carbocycles. The van der Waals surface area contributed by atoms with E-state index in [0.29, 0.717) is 24.4 Å². The number of aliphatic hydroxyl groups is 1. The van der Waals surface area contributed by atoms with Gasteiger partial charge in [0.15, 0.2) is 5.82 Å². The predicted octanol–water partition coefficient (Wildman–Crippen LogP) is 1.55. The zero-order valence-corrected chi connectivity index (χ0v) is 12.3. The Morgan fingerprint density at radius 1 is 1.33 bits per heavy atom. The summed E-state index contributed by atoms with van der Waals surface area (Å²) in [5.74, 6) is 0.276. The van der Waals surface area contributed by atoms with Crippen molar-refractivity contribution < 1.29 is 9.90 Å². The van der Waals surface area contributed by atoms with Gasteiger partial charge in [0.2, 0.25) is 0 Å². The van der Waals surface area contributed by atoms with Crippen molar-refractivity contribution in [3.8, 4) is 5.82 Å². The van der Waals surface area contributed by atoms with Crippen LogP contribution >= 0.6 is 0 Å². The molecule has 0 bridgehead atoms. The zero-order valence-electron chi connectivity index (χ0n) is 12.3. The van der Waals surface area contributed by atoms with Gasteiger partial charge in [0.05, 0.1) is 5.60 Å². The first-order valence-corrected chi connectivity index (χ1v) is 7.05. The van der Waals surface area contributed by atoms with Crippen molar-refractivity contribution >= 4 is 5.91 Å². The minimum absolute atomic E-state index is 0.215. The van der Waals surface area contributed by atoms with Crippen molar-refractivity contribution in [1.29, 1.82) is 0 Å². The summed E-state index contributed by atoms with van der Waals surface area (Å²) in [5.41, 5.74) is -0.563. The van der Waals surface area contributed by atoms with Crippen molar-refractivity contribution in [2.75, 3.05) is 6.54 Å². The molecule has 0 saturated heterocycles. The fourth-order valence-electron chi connectivity index (χ4n) is 1.92. The van der Waals surface area contributed by atoms with Gasteiger partial charge in [-0.2, -0.15) is 5.10 Å². The number of hydrogen-bond acceptors (Lipinski definition) is 4. The molecule has 2 aromatic rings. The third-order valence-electron chi connectivity index (χ3n) is 3.60. The van der Waals surface area contributed by atoms with E-state index in [2.05, 4.69) is 15.4 Å². The smallest absolute Gasteiger partial charge is 0.270 e. The Morgan fingerprint density at radius 3 is 2.71 bits per heavy atom. The highest BCUT2D eigenvalue weighted by Gasteiger charge is 2.23. The van der Waals surface area contributed by atoms with Gasteiger partial charge in [0.1, 0.15) is 5.69 Å². The number of hydrogen-bond donors (Lipinski definition) is 2. The number of nitrogens with one attached hydrogen (secondary N) is 1. The van der Waals surface area contributed by atoms with E-state index in [-0.39, 0.29) is 12.5 Å². The molecule has 2 N–H and O–H groups in total. The minimum atomic E-state index is -0.866. The summed E-state index contributed by atoms with van der Waals surface area (Å²) in [5, 5.41) is 17.0. The monoisotopic (exact) mass is 288 g/mol. The van der Waals surface area contributed by atoms with Crippen LogP contribution in [0.3, 0.4) is 0 Å². The molecule has 6 nitrogen and oxygen atoms in total. The molecule has 0 aliphatic carbocycles. The van der Waals surface area contributed by atoms with Gasteiger partial charge < -0.3 is 10.4 Å². The average molecular weight is 288 g/mol. The molecule has 2 heterocycles. The molecular formula is C15H20N4O2. The van der Waals surface area contributed by atoms with Gasteiger partial charge in [0, 0.05) is 18.9 Å². The highest BCUT2D eigenvalue weighted by Crippen LogP contribution is 2.13. The first-order valence-electron chi connectivity index (χ1n) is 7.05. The SMILES string of the molecule is CCC(O)(CC)CNC(=O)c1cccc(-n2cccn2)n1. The van der Waals surface area contributed by atoms with Gasteiger partial charge in [-0.1, -0.05) is 19.9 Å². The molecule has 0 radical (unpaired) electrons. The van der Waals surface area contributed by atoms with E-state index in [9.17, 15) is 9.90 Å². The van der Waals surface area contributed by atoms with Gasteiger partial charge in [-0.3, -0.25) is 4.79 Å². The van der Waals surface area contributed by atoms with Crippen molar-refractivity contribution in [3.05, 3.63) is 42.4 Å². The van der Waals surface area contributed by atoms with Crippen LogP contribution in [0.15, 0.2) is 36.7 Å². The van der Waals surface area contributed by atoms with Gasteiger partial charge in [-0.05, 0) is 31.0 Å². The number of nitrogens with zero attached hydrogens (tertiary/aromatic N) is 3. The van der Waals surface area contributed by atoms with E-state index in [1.165, 1.54) is 0 Å². The van der Waals surface area contributed by atoms with Gasteiger partial charge >= 0.3 is 0 Å². The van der Waals surface area contributed by atoms with Crippen LogP contribution in [0.5, 0.6) is 0 Å². The second-order valence-electron chi connectivity index (χ2n) is 4.95. The summed E-state index contributed by atoms with van der Waals surface area (Å²) in [7, 11) is 0. The number of aromatic nitrogens is 3. The Kier molecular flexibility index (Phi) is 4.70. The summed E-state index contributed by atoms with van der Waals surface area (Å²) in [6, 6.07) is 6.96. The van der Waals surface area contributed by atoms with Crippen LogP contribution in [0.25, 0.3) is 5.82 Å². The molecule has 0 saturated carbocycles. The highest BCUT2D eigenvalue weighted by atomic mass is 16.3. The number of amides is 1. The van der Waals surface area contributed by atoms with Crippen LogP contribution in [0.1, 0.15) is 37.2 Å². The fraction of sp³-hybridized carbons (Fsp3) is 0.400. The second kappa shape index (κ2) is 6.49. The Bertz CT molecular complexity index is 591. The molecule has 1 amide bonds. The fourth-order valence-corrected chi connectivity index (χ4v) is 1.92. The number of carbonyl (C=O) groups is 1. The van der Waals surface area contributed by atoms with E-state index < -0.39 is 5.60 Å². The maximum atomic E-state index is 12.1. The summed E-state index contributed by atoms with van der Waals surface area (Å²) in [4.78, 5) is 16.4. The topological polar surface area (TPSA) is 80.0 Å². The lowest BCUT2D eigenvalue weighted by atomic mass is 9.97. The van der Waals surface area contributed by atoms with Gasteiger partial charge in [0.25, 0.3) is 5.91 Å². The second-order valence-corrected chi connectivity index (χ2v) is 4.95. The maximum Gasteiger partial charge on any atom is 0.270 e. The van der Waals surface area contributed by atoms with Crippen LogP contribution in [0, 0.1) is 0 Å². The standard InChI is InChI=1S/C15H20N4O2/c1-3-15(21,4-2)11-16-14(20)12-7-5-8-13(18-12)19-10-6-9-17-19/h5-10,21H,3-4,11H2,1-2H3,(H,16,20). The van der Waals surface area contributed by atoms with Gasteiger partial charge in [-0.25, -0.2) is 9.67 Å². The third kappa shape index (κ3) is 3.66. The first-order chi connectivity index (χ1) is 10.1. The number of carbonyl (C=O) groups excluding carboxylic acids is 1. The molecule has 0 atom stereocenters. The van der Waals surface area contributed by atoms with E-state index in [1.807, 2.05) is 13.8 Å². The largest absolute Gasteiger partial charge is 0.388 e. The lowest BCUT2D eigenvalue weighted by Gasteiger charge is -2.25. The molecular weight excluding hydrogens is 268 g/mol. The highest BCUT2D eigenvalue weighted by molar-refractivity contribution is 5.92. The summed E-state index contributed by atoms with van der Waals surface area (Å²) in [6.07, 6.45) is 4.59. The molecule has 0 aliphatic rings. The van der Waals surface area contributed by atoms with E-state index in [4.69, 9.17) is 0 Å². The quantitative estimate of drug-likeness (QED) is 0.845. The van der Waals surface area contributed by atoms with Crippen molar-refractivity contribution in [2.45, 2.75) is 32.3 Å². The Morgan fingerprint density at radius 2 is 2.10 bits per heavy atom. The van der Waals surface area contributed by atoms with Gasteiger partial charge in [-0.15, -0.1) is 0 Å². The Hall–Kier alpha value is -2.21. The maximum absolute atomic E-state index is 12.1. The lowest BCUT2D eigenvalue weighted by Crippen LogP contribution is -2.42. The molecule has 2 aromatic heterocycles. The predicted molar refractivity (Wildman–Crippen MR) is 79.2 cm³/mol. The van der Waals surface area contributed by atoms with E-state index in [1.54, 1.807) is 41.3 Å². The Balaban J connectivity index is 2.08. The van der Waals surface area contributed by atoms with E-state index >= 15 is 0 Å². The minimum Gasteiger partial charge on any atom is -0.388 e. The molecule has 0 aliphatic heterocycles. The normalized spacial score (nSPS) is 11.4.